The van der Waals surface area contributed by atoms with Crippen LogP contribution in [0, 0.1) is 58.4 Å². The summed E-state index contributed by atoms with van der Waals surface area (Å²) < 4.78 is 0. The fourth-order valence-electron chi connectivity index (χ4n) is 4.44. The molecule has 0 amide bonds. The molecular weight excluding hydrogens is 364 g/mol. The summed E-state index contributed by atoms with van der Waals surface area (Å²) in [5, 5.41) is 0. The smallest absolute Gasteiger partial charge is 0.0684 e. The molecule has 0 saturated heterocycles. The van der Waals surface area contributed by atoms with Gasteiger partial charge in [0.05, 0.1) is 8.07 Å². The van der Waals surface area contributed by atoms with E-state index in [-0.39, 0.29) is 21.1 Å². The number of rotatable bonds is 2. The van der Waals surface area contributed by atoms with E-state index in [0.29, 0.717) is 0 Å². The molecule has 0 nitrogen and oxygen atoms in total. The fraction of sp³-hybridized carbons (Fsp3) is 0.500. The molecule has 0 spiro atoms. The molecule has 0 atom stereocenters. The topological polar surface area (TPSA) is 0 Å². The van der Waals surface area contributed by atoms with Gasteiger partial charge in [-0.3, -0.25) is 0 Å². The van der Waals surface area contributed by atoms with Crippen LogP contribution >= 0.6 is 0 Å². The van der Waals surface area contributed by atoms with Gasteiger partial charge in [0.25, 0.3) is 0 Å². The molecule has 0 unspecified atom stereocenters. The quantitative estimate of drug-likeness (QED) is 0.527. The molecule has 118 valence electrons. The molecule has 2 saturated carbocycles. The average molecular weight is 394 g/mol. The maximum atomic E-state index is 2.54. The van der Waals surface area contributed by atoms with Crippen molar-refractivity contribution in [1.82, 2.24) is 0 Å². The van der Waals surface area contributed by atoms with Gasteiger partial charge in [0.15, 0.2) is 0 Å². The van der Waals surface area contributed by atoms with Gasteiger partial charge in [-0.25, -0.2) is 0 Å². The number of hydrogen-bond acceptors (Lipinski definition) is 0. The zero-order valence-electron chi connectivity index (χ0n) is 15.9. The Bertz CT molecular complexity index is 318. The summed E-state index contributed by atoms with van der Waals surface area (Å²) in [5.41, 5.74) is 3.35. The van der Waals surface area contributed by atoms with Crippen molar-refractivity contribution in [3.8, 4) is 0 Å². The minimum absolute atomic E-state index is 0. The molecule has 2 heteroatoms. The third-order valence-electron chi connectivity index (χ3n) is 6.12. The van der Waals surface area contributed by atoms with Gasteiger partial charge in [-0.1, -0.05) is 68.5 Å². The van der Waals surface area contributed by atoms with Crippen molar-refractivity contribution >= 4 is 8.07 Å². The second-order valence-electron chi connectivity index (χ2n) is 7.38. The Hall–Kier alpha value is 0.905. The minimum Gasteiger partial charge on any atom is -0.0684 e. The SMILES string of the molecule is C[C]1[C](C)[C](C)[C]([Si](C)(C)[C]2[C](C)[C](C)[C](C)[C]2C)[C]1C.[Mo+2]. The van der Waals surface area contributed by atoms with Crippen molar-refractivity contribution in [3.63, 3.8) is 0 Å². The number of hydrogen-bond donors (Lipinski definition) is 0. The molecule has 0 N–H and O–H groups in total. The summed E-state index contributed by atoms with van der Waals surface area (Å²) in [6, 6.07) is 0. The molecule has 0 aromatic rings. The Labute approximate surface area is 155 Å². The van der Waals surface area contributed by atoms with E-state index in [9.17, 15) is 0 Å². The summed E-state index contributed by atoms with van der Waals surface area (Å²) in [4.78, 5) is 0. The third-order valence-corrected chi connectivity index (χ3v) is 10.1. The van der Waals surface area contributed by atoms with Crippen LogP contribution in [0.5, 0.6) is 0 Å². The van der Waals surface area contributed by atoms with Crippen molar-refractivity contribution in [1.29, 1.82) is 0 Å². The van der Waals surface area contributed by atoms with E-state index in [4.69, 9.17) is 0 Å². The van der Waals surface area contributed by atoms with E-state index in [1.165, 1.54) is 47.3 Å². The predicted molar refractivity (Wildman–Crippen MR) is 95.3 cm³/mol. The molecular formula is C20H30MoSi+2. The van der Waals surface area contributed by atoms with E-state index in [1.54, 1.807) is 11.1 Å². The van der Waals surface area contributed by atoms with Crippen LogP contribution in [0.4, 0.5) is 0 Å². The van der Waals surface area contributed by atoms with Crippen LogP contribution in [0.25, 0.3) is 0 Å². The molecule has 2 fully saturated rings. The molecule has 0 aromatic carbocycles. The van der Waals surface area contributed by atoms with E-state index in [2.05, 4.69) is 68.5 Å². The largest absolute Gasteiger partial charge is 2.00 e. The first-order chi connectivity index (χ1) is 9.53. The molecule has 22 heavy (non-hydrogen) atoms. The van der Waals surface area contributed by atoms with Gasteiger partial charge in [-0.15, -0.1) is 0 Å². The summed E-state index contributed by atoms with van der Waals surface area (Å²) in [6.07, 6.45) is 0. The van der Waals surface area contributed by atoms with E-state index in [0.717, 1.165) is 0 Å². The zero-order valence-corrected chi connectivity index (χ0v) is 18.9. The van der Waals surface area contributed by atoms with E-state index in [1.807, 2.05) is 0 Å². The second-order valence-corrected chi connectivity index (χ2v) is 11.6. The maximum Gasteiger partial charge on any atom is 2.00 e. The maximum absolute atomic E-state index is 2.54. The van der Waals surface area contributed by atoms with Gasteiger partial charge < -0.3 is 0 Å². The standard InChI is InChI=1S/C20H30Si.Mo/c1-11-12(2)16(6)19(15(11)5)21(9,10)20-17(7)13(3)14(4)18(20)8;/h1-10H3;/q;+2. The summed E-state index contributed by atoms with van der Waals surface area (Å²) in [5.74, 6) is 12.1. The molecule has 2 rings (SSSR count). The van der Waals surface area contributed by atoms with Crippen molar-refractivity contribution < 1.29 is 21.1 Å². The van der Waals surface area contributed by atoms with E-state index < -0.39 is 8.07 Å². The molecule has 0 bridgehead atoms. The Morgan fingerprint density at radius 2 is 0.591 bits per heavy atom. The predicted octanol–water partition coefficient (Wildman–Crippen LogP) is 5.70. The van der Waals surface area contributed by atoms with Crippen LogP contribution in [-0.2, 0) is 21.1 Å². The minimum atomic E-state index is -1.65. The van der Waals surface area contributed by atoms with Crippen LogP contribution in [0.1, 0.15) is 55.4 Å². The van der Waals surface area contributed by atoms with Gasteiger partial charge in [-0.05, 0) is 58.4 Å². The van der Waals surface area contributed by atoms with Crippen LogP contribution in [-0.4, -0.2) is 8.07 Å². The summed E-state index contributed by atoms with van der Waals surface area (Å²) in [7, 11) is -1.65. The first kappa shape index (κ1) is 20.9. The molecule has 2 aliphatic rings. The Balaban J connectivity index is 0.00000242. The summed E-state index contributed by atoms with van der Waals surface area (Å²) in [6.45, 7) is 23.5. The molecule has 0 aromatic heterocycles. The Morgan fingerprint density at radius 1 is 0.409 bits per heavy atom. The van der Waals surface area contributed by atoms with Crippen molar-refractivity contribution in [2.75, 3.05) is 0 Å². The van der Waals surface area contributed by atoms with Crippen LogP contribution in [0.15, 0.2) is 0 Å². The van der Waals surface area contributed by atoms with Crippen molar-refractivity contribution in [2.45, 2.75) is 68.5 Å². The Morgan fingerprint density at radius 3 is 0.773 bits per heavy atom. The average Bonchev–Trinajstić information content (AvgIpc) is 2.72. The van der Waals surface area contributed by atoms with Gasteiger partial charge in [-0.2, -0.15) is 0 Å². The molecule has 0 heterocycles. The second kappa shape index (κ2) is 7.03. The molecule has 10 radical (unpaired) electrons. The normalized spacial score (nSPS) is 28.1. The van der Waals surface area contributed by atoms with Gasteiger partial charge in [0, 0.05) is 0 Å². The third kappa shape index (κ3) is 2.96. The summed E-state index contributed by atoms with van der Waals surface area (Å²) >= 11 is 0. The molecule has 0 aliphatic heterocycles. The van der Waals surface area contributed by atoms with Crippen LogP contribution in [0.2, 0.25) is 13.1 Å². The first-order valence-corrected chi connectivity index (χ1v) is 11.0. The van der Waals surface area contributed by atoms with Gasteiger partial charge in [0.1, 0.15) is 0 Å². The van der Waals surface area contributed by atoms with Crippen molar-refractivity contribution in [2.24, 2.45) is 0 Å². The fourth-order valence-corrected chi connectivity index (χ4v) is 9.19. The van der Waals surface area contributed by atoms with E-state index >= 15 is 0 Å². The van der Waals surface area contributed by atoms with Crippen LogP contribution < -0.4 is 0 Å². The molecule has 2 aliphatic carbocycles. The van der Waals surface area contributed by atoms with Gasteiger partial charge >= 0.3 is 21.1 Å². The van der Waals surface area contributed by atoms with Gasteiger partial charge in [0.2, 0.25) is 0 Å². The zero-order chi connectivity index (χ0) is 16.3. The van der Waals surface area contributed by atoms with Crippen molar-refractivity contribution in [3.05, 3.63) is 58.4 Å². The monoisotopic (exact) mass is 396 g/mol. The first-order valence-electron chi connectivity index (χ1n) is 8.00. The Kier molecular flexibility index (Phi) is 6.69. The van der Waals surface area contributed by atoms with Crippen LogP contribution in [0.3, 0.4) is 0 Å².